The molecule has 0 saturated heterocycles. The second kappa shape index (κ2) is 6.75. The van der Waals surface area contributed by atoms with E-state index in [1.54, 1.807) is 13.2 Å². The van der Waals surface area contributed by atoms with Gasteiger partial charge in [0.1, 0.15) is 11.6 Å². The maximum absolute atomic E-state index is 5.95. The minimum atomic E-state index is 0.180. The van der Waals surface area contributed by atoms with Crippen molar-refractivity contribution < 1.29 is 4.74 Å². The number of ether oxygens (including phenoxy) is 1. The molecule has 0 atom stereocenters. The van der Waals surface area contributed by atoms with Gasteiger partial charge >= 0.3 is 0 Å². The number of nitrogens with zero attached hydrogens (tertiary/aromatic N) is 3. The molecule has 22 heavy (non-hydrogen) atoms. The smallest absolute Gasteiger partial charge is 0.222 e. The molecule has 7 heteroatoms. The van der Waals surface area contributed by atoms with Crippen molar-refractivity contribution in [2.75, 3.05) is 30.0 Å². The number of nitrogens with two attached hydrogens (primary N) is 1. The molecular formula is C15H20N6O. The Morgan fingerprint density at radius 3 is 2.73 bits per heavy atom. The van der Waals surface area contributed by atoms with E-state index >= 15 is 0 Å². The van der Waals surface area contributed by atoms with Crippen LogP contribution >= 0.6 is 0 Å². The Kier molecular flexibility index (Phi) is 4.77. The summed E-state index contributed by atoms with van der Waals surface area (Å²) < 4.78 is 5.95. The molecule has 0 aliphatic carbocycles. The largest absolute Gasteiger partial charge is 0.451 e. The summed E-state index contributed by atoms with van der Waals surface area (Å²) in [5.41, 5.74) is 7.26. The number of hydrogen-bond acceptors (Lipinski definition) is 7. The fraction of sp³-hybridized carbons (Fsp3) is 0.267. The van der Waals surface area contributed by atoms with Crippen molar-refractivity contribution >= 4 is 23.2 Å². The fourth-order valence-electron chi connectivity index (χ4n) is 1.88. The first kappa shape index (κ1) is 15.6. The summed E-state index contributed by atoms with van der Waals surface area (Å²) in [5, 5.41) is 6.09. The lowest BCUT2D eigenvalue weighted by Gasteiger charge is -2.14. The third kappa shape index (κ3) is 3.43. The number of pyridine rings is 1. The molecule has 0 amide bonds. The lowest BCUT2D eigenvalue weighted by molar-refractivity contribution is 0.478. The first-order valence-electron chi connectivity index (χ1n) is 6.93. The molecule has 0 unspecified atom stereocenters. The van der Waals surface area contributed by atoms with Crippen LogP contribution in [0.15, 0.2) is 25.0 Å². The summed E-state index contributed by atoms with van der Waals surface area (Å²) in [5.74, 6) is 2.53. The van der Waals surface area contributed by atoms with Crippen molar-refractivity contribution in [3.8, 4) is 11.5 Å². The van der Waals surface area contributed by atoms with E-state index in [9.17, 15) is 0 Å². The van der Waals surface area contributed by atoms with Gasteiger partial charge in [-0.1, -0.05) is 6.58 Å². The number of rotatable bonds is 6. The highest BCUT2D eigenvalue weighted by molar-refractivity contribution is 5.69. The van der Waals surface area contributed by atoms with Crippen LogP contribution in [0.25, 0.3) is 5.57 Å². The Morgan fingerprint density at radius 2 is 2.09 bits per heavy atom. The Morgan fingerprint density at radius 1 is 1.32 bits per heavy atom. The van der Waals surface area contributed by atoms with E-state index in [1.807, 2.05) is 19.9 Å². The summed E-state index contributed by atoms with van der Waals surface area (Å²) in [7, 11) is 1.74. The van der Waals surface area contributed by atoms with E-state index in [0.717, 1.165) is 23.5 Å². The predicted molar refractivity (Wildman–Crippen MR) is 89.2 cm³/mol. The standard InChI is InChI=1S/C15H20N6O/c1-5-18-13-6-11(10(7-19-13)9(2)3)22-12-8-20-15(16)21-14(12)17-4/h6-8H,2,5H2,1,3-4H3,(H,18,19)(H3,16,17,20,21). The van der Waals surface area contributed by atoms with E-state index in [-0.39, 0.29) is 5.95 Å². The molecule has 116 valence electrons. The van der Waals surface area contributed by atoms with Crippen molar-refractivity contribution in [2.24, 2.45) is 0 Å². The Bertz CT molecular complexity index is 686. The van der Waals surface area contributed by atoms with Crippen LogP contribution in [-0.2, 0) is 0 Å². The zero-order chi connectivity index (χ0) is 16.1. The van der Waals surface area contributed by atoms with Crippen LogP contribution in [0.5, 0.6) is 11.5 Å². The lowest BCUT2D eigenvalue weighted by atomic mass is 10.1. The van der Waals surface area contributed by atoms with Crippen molar-refractivity contribution in [2.45, 2.75) is 13.8 Å². The molecule has 2 heterocycles. The number of aromatic nitrogens is 3. The predicted octanol–water partition coefficient (Wildman–Crippen LogP) is 2.75. The monoisotopic (exact) mass is 300 g/mol. The maximum atomic E-state index is 5.95. The third-order valence-corrected chi connectivity index (χ3v) is 2.91. The van der Waals surface area contributed by atoms with E-state index in [0.29, 0.717) is 17.3 Å². The zero-order valence-corrected chi connectivity index (χ0v) is 13.0. The number of nitrogen functional groups attached to an aromatic ring is 1. The summed E-state index contributed by atoms with van der Waals surface area (Å²) in [6.45, 7) is 8.62. The molecule has 2 aromatic heterocycles. The van der Waals surface area contributed by atoms with Crippen LogP contribution in [0.2, 0.25) is 0 Å². The summed E-state index contributed by atoms with van der Waals surface area (Å²) >= 11 is 0. The van der Waals surface area contributed by atoms with Gasteiger partial charge in [-0.25, -0.2) is 9.97 Å². The van der Waals surface area contributed by atoms with Crippen molar-refractivity contribution in [3.05, 3.63) is 30.6 Å². The van der Waals surface area contributed by atoms with Gasteiger partial charge in [0.05, 0.1) is 6.20 Å². The minimum Gasteiger partial charge on any atom is -0.451 e. The third-order valence-electron chi connectivity index (χ3n) is 2.91. The molecule has 0 aliphatic rings. The number of nitrogens with one attached hydrogen (secondary N) is 2. The molecule has 7 nitrogen and oxygen atoms in total. The van der Waals surface area contributed by atoms with Crippen LogP contribution < -0.4 is 21.1 Å². The number of hydrogen-bond donors (Lipinski definition) is 3. The van der Waals surface area contributed by atoms with Crippen LogP contribution in [0, 0.1) is 0 Å². The van der Waals surface area contributed by atoms with Crippen LogP contribution in [0.1, 0.15) is 19.4 Å². The topological polar surface area (TPSA) is 98.0 Å². The molecular weight excluding hydrogens is 280 g/mol. The summed E-state index contributed by atoms with van der Waals surface area (Å²) in [4.78, 5) is 12.4. The second-order valence-electron chi connectivity index (χ2n) is 4.67. The highest BCUT2D eigenvalue weighted by atomic mass is 16.5. The quantitative estimate of drug-likeness (QED) is 0.754. The van der Waals surface area contributed by atoms with Crippen LogP contribution in [-0.4, -0.2) is 28.5 Å². The molecule has 2 aromatic rings. The highest BCUT2D eigenvalue weighted by Gasteiger charge is 2.12. The van der Waals surface area contributed by atoms with Gasteiger partial charge in [0.15, 0.2) is 11.6 Å². The molecule has 0 aliphatic heterocycles. The van der Waals surface area contributed by atoms with Gasteiger partial charge in [0.2, 0.25) is 5.95 Å². The van der Waals surface area contributed by atoms with E-state index in [4.69, 9.17) is 10.5 Å². The van der Waals surface area contributed by atoms with Gasteiger partial charge in [-0.05, 0) is 19.4 Å². The molecule has 2 rings (SSSR count). The van der Waals surface area contributed by atoms with Gasteiger partial charge in [0, 0.05) is 31.4 Å². The minimum absolute atomic E-state index is 0.180. The number of anilines is 3. The Balaban J connectivity index is 2.42. The summed E-state index contributed by atoms with van der Waals surface area (Å²) in [6, 6.07) is 1.82. The summed E-state index contributed by atoms with van der Waals surface area (Å²) in [6.07, 6.45) is 3.26. The molecule has 0 saturated carbocycles. The van der Waals surface area contributed by atoms with E-state index < -0.39 is 0 Å². The first-order chi connectivity index (χ1) is 10.5. The number of allylic oxidation sites excluding steroid dienone is 1. The molecule has 0 aromatic carbocycles. The van der Waals surface area contributed by atoms with E-state index in [1.165, 1.54) is 6.20 Å². The first-order valence-corrected chi connectivity index (χ1v) is 6.93. The van der Waals surface area contributed by atoms with Crippen LogP contribution in [0.3, 0.4) is 0 Å². The van der Waals surface area contributed by atoms with Crippen molar-refractivity contribution in [3.63, 3.8) is 0 Å². The molecule has 0 bridgehead atoms. The van der Waals surface area contributed by atoms with Crippen molar-refractivity contribution in [1.82, 2.24) is 15.0 Å². The van der Waals surface area contributed by atoms with Crippen molar-refractivity contribution in [1.29, 1.82) is 0 Å². The Labute approximate surface area is 129 Å². The molecule has 0 fully saturated rings. The van der Waals surface area contributed by atoms with Gasteiger partial charge in [-0.3, -0.25) is 0 Å². The molecule has 0 spiro atoms. The van der Waals surface area contributed by atoms with Gasteiger partial charge in [-0.15, -0.1) is 0 Å². The maximum Gasteiger partial charge on any atom is 0.222 e. The molecule has 4 N–H and O–H groups in total. The van der Waals surface area contributed by atoms with Gasteiger partial charge in [-0.2, -0.15) is 4.98 Å². The molecule has 0 radical (unpaired) electrons. The fourth-order valence-corrected chi connectivity index (χ4v) is 1.88. The SMILES string of the molecule is C=C(C)c1cnc(NCC)cc1Oc1cnc(N)nc1NC. The normalized spacial score (nSPS) is 10.1. The van der Waals surface area contributed by atoms with E-state index in [2.05, 4.69) is 32.2 Å². The van der Waals surface area contributed by atoms with Gasteiger partial charge in [0.25, 0.3) is 0 Å². The zero-order valence-electron chi connectivity index (χ0n) is 13.0. The average molecular weight is 300 g/mol. The second-order valence-corrected chi connectivity index (χ2v) is 4.67. The van der Waals surface area contributed by atoms with Gasteiger partial charge < -0.3 is 21.1 Å². The Hall–Kier alpha value is -2.83. The average Bonchev–Trinajstić information content (AvgIpc) is 2.49. The van der Waals surface area contributed by atoms with Crippen LogP contribution in [0.4, 0.5) is 17.6 Å². The lowest BCUT2D eigenvalue weighted by Crippen LogP contribution is -2.04. The highest BCUT2D eigenvalue weighted by Crippen LogP contribution is 2.33.